The Hall–Kier alpha value is -4.47. The van der Waals surface area contributed by atoms with Gasteiger partial charge in [-0.25, -0.2) is 13.4 Å². The zero-order chi connectivity index (χ0) is 27.2. The summed E-state index contributed by atoms with van der Waals surface area (Å²) < 4.78 is 33.5. The molecular weight excluding hydrogens is 530 g/mol. The number of nitrogens with zero attached hydrogens (tertiary/aromatic N) is 1. The number of aromatic nitrogens is 1. The lowest BCUT2D eigenvalue weighted by atomic mass is 10.0. The van der Waals surface area contributed by atoms with E-state index in [2.05, 4.69) is 39.3 Å². The Morgan fingerprint density at radius 1 is 0.846 bits per heavy atom. The highest BCUT2D eigenvalue weighted by atomic mass is 32.2. The minimum Gasteiger partial charge on any atom is -0.497 e. The number of hydrogen-bond donors (Lipinski definition) is 2. The van der Waals surface area contributed by atoms with Crippen molar-refractivity contribution < 1.29 is 17.9 Å². The van der Waals surface area contributed by atoms with Crippen LogP contribution >= 0.6 is 11.3 Å². The van der Waals surface area contributed by atoms with E-state index in [0.29, 0.717) is 10.9 Å². The van der Waals surface area contributed by atoms with Gasteiger partial charge in [0.05, 0.1) is 29.0 Å². The molecule has 1 aromatic heterocycles. The van der Waals surface area contributed by atoms with E-state index in [1.165, 1.54) is 41.7 Å². The summed E-state index contributed by atoms with van der Waals surface area (Å²) in [6, 6.07) is 30.9. The van der Waals surface area contributed by atoms with Gasteiger partial charge < -0.3 is 4.74 Å². The SMILES string of the molecule is COc1ccc(S(=O)(=O)Nc2ccccc2C(=O)Nc2nc(-c3ccc(Cc4ccccc4)cc3)cs2)cc1. The Morgan fingerprint density at radius 2 is 1.51 bits per heavy atom. The molecule has 1 amide bonds. The predicted molar refractivity (Wildman–Crippen MR) is 155 cm³/mol. The summed E-state index contributed by atoms with van der Waals surface area (Å²) in [4.78, 5) is 17.7. The third-order valence-electron chi connectivity index (χ3n) is 6.01. The number of carbonyl (C=O) groups is 1. The number of hydrogen-bond acceptors (Lipinski definition) is 6. The van der Waals surface area contributed by atoms with Gasteiger partial charge in [-0.05, 0) is 53.9 Å². The summed E-state index contributed by atoms with van der Waals surface area (Å²) in [5.74, 6) is 0.0711. The van der Waals surface area contributed by atoms with Crippen molar-refractivity contribution in [3.63, 3.8) is 0 Å². The van der Waals surface area contributed by atoms with Gasteiger partial charge in [0.1, 0.15) is 5.75 Å². The summed E-state index contributed by atoms with van der Waals surface area (Å²) in [5.41, 5.74) is 4.47. The summed E-state index contributed by atoms with van der Waals surface area (Å²) in [5, 5.41) is 5.08. The largest absolute Gasteiger partial charge is 0.497 e. The number of methoxy groups -OCH3 is 1. The molecule has 0 unspecified atom stereocenters. The molecular formula is C30H25N3O4S2. The molecule has 0 aliphatic rings. The monoisotopic (exact) mass is 555 g/mol. The Morgan fingerprint density at radius 3 is 2.23 bits per heavy atom. The third-order valence-corrected chi connectivity index (χ3v) is 8.15. The normalized spacial score (nSPS) is 11.1. The van der Waals surface area contributed by atoms with Crippen molar-refractivity contribution in [1.29, 1.82) is 0 Å². The van der Waals surface area contributed by atoms with Crippen molar-refractivity contribution in [2.75, 3.05) is 17.1 Å². The van der Waals surface area contributed by atoms with Crippen LogP contribution in [0.3, 0.4) is 0 Å². The van der Waals surface area contributed by atoms with E-state index in [-0.39, 0.29) is 16.1 Å². The van der Waals surface area contributed by atoms with Crippen LogP contribution in [0.25, 0.3) is 11.3 Å². The van der Waals surface area contributed by atoms with Gasteiger partial charge in [0.25, 0.3) is 15.9 Å². The number of nitrogens with one attached hydrogen (secondary N) is 2. The van der Waals surface area contributed by atoms with Gasteiger partial charge in [-0.3, -0.25) is 14.8 Å². The van der Waals surface area contributed by atoms with E-state index < -0.39 is 15.9 Å². The smallest absolute Gasteiger partial charge is 0.261 e. The van der Waals surface area contributed by atoms with E-state index in [0.717, 1.165) is 17.7 Å². The first-order chi connectivity index (χ1) is 18.9. The summed E-state index contributed by atoms with van der Waals surface area (Å²) >= 11 is 1.30. The van der Waals surface area contributed by atoms with Crippen LogP contribution in [0.5, 0.6) is 5.75 Å². The Balaban J connectivity index is 1.28. The molecule has 5 rings (SSSR count). The fourth-order valence-corrected chi connectivity index (χ4v) is 5.78. The van der Waals surface area contributed by atoms with Crippen LogP contribution in [0.1, 0.15) is 21.5 Å². The maximum Gasteiger partial charge on any atom is 0.261 e. The van der Waals surface area contributed by atoms with Crippen molar-refractivity contribution in [1.82, 2.24) is 4.98 Å². The van der Waals surface area contributed by atoms with Crippen molar-refractivity contribution in [3.8, 4) is 17.0 Å². The molecule has 9 heteroatoms. The fraction of sp³-hybridized carbons (Fsp3) is 0.0667. The molecule has 39 heavy (non-hydrogen) atoms. The average molecular weight is 556 g/mol. The molecule has 4 aromatic carbocycles. The number of sulfonamides is 1. The number of para-hydroxylation sites is 1. The first-order valence-electron chi connectivity index (χ1n) is 12.1. The molecule has 0 spiro atoms. The minimum absolute atomic E-state index is 0.0536. The van der Waals surface area contributed by atoms with E-state index in [9.17, 15) is 13.2 Å². The van der Waals surface area contributed by atoms with Crippen molar-refractivity contribution >= 4 is 38.1 Å². The van der Waals surface area contributed by atoms with Crippen LogP contribution in [0.15, 0.2) is 113 Å². The molecule has 0 radical (unpaired) electrons. The highest BCUT2D eigenvalue weighted by molar-refractivity contribution is 7.92. The Kier molecular flexibility index (Phi) is 7.72. The Labute approximate surface area is 231 Å². The van der Waals surface area contributed by atoms with Crippen LogP contribution in [0.4, 0.5) is 10.8 Å². The highest BCUT2D eigenvalue weighted by Crippen LogP contribution is 2.27. The first kappa shape index (κ1) is 26.1. The van der Waals surface area contributed by atoms with Gasteiger partial charge in [-0.2, -0.15) is 0 Å². The van der Waals surface area contributed by atoms with Gasteiger partial charge in [-0.1, -0.05) is 66.7 Å². The number of carbonyl (C=O) groups excluding carboxylic acids is 1. The molecule has 1 heterocycles. The number of amides is 1. The van der Waals surface area contributed by atoms with Gasteiger partial charge in [-0.15, -0.1) is 11.3 Å². The molecule has 7 nitrogen and oxygen atoms in total. The molecule has 0 bridgehead atoms. The van der Waals surface area contributed by atoms with Crippen LogP contribution in [-0.2, 0) is 16.4 Å². The maximum absolute atomic E-state index is 13.1. The number of rotatable bonds is 9. The zero-order valence-electron chi connectivity index (χ0n) is 21.0. The molecule has 0 fully saturated rings. The molecule has 2 N–H and O–H groups in total. The average Bonchev–Trinajstić information content (AvgIpc) is 3.42. The standard InChI is InChI=1S/C30H25N3O4S2/c1-37-24-15-17-25(18-16-24)39(35,36)33-27-10-6-5-9-26(27)29(34)32-30-31-28(20-38-30)23-13-11-22(12-14-23)19-21-7-3-2-4-8-21/h2-18,20,33H,19H2,1H3,(H,31,32,34). The second-order valence-electron chi connectivity index (χ2n) is 8.68. The van der Waals surface area contributed by atoms with E-state index in [1.54, 1.807) is 36.4 Å². The highest BCUT2D eigenvalue weighted by Gasteiger charge is 2.19. The van der Waals surface area contributed by atoms with Gasteiger partial charge >= 0.3 is 0 Å². The summed E-state index contributed by atoms with van der Waals surface area (Å²) in [6.07, 6.45) is 0.848. The molecule has 0 saturated heterocycles. The molecule has 0 aliphatic heterocycles. The van der Waals surface area contributed by atoms with Crippen LogP contribution in [-0.4, -0.2) is 26.4 Å². The number of anilines is 2. The van der Waals surface area contributed by atoms with E-state index in [4.69, 9.17) is 4.74 Å². The van der Waals surface area contributed by atoms with E-state index >= 15 is 0 Å². The number of ether oxygens (including phenoxy) is 1. The van der Waals surface area contributed by atoms with Crippen molar-refractivity contribution in [2.45, 2.75) is 11.3 Å². The molecule has 0 aliphatic carbocycles. The van der Waals surface area contributed by atoms with Gasteiger partial charge in [0, 0.05) is 10.9 Å². The lowest BCUT2D eigenvalue weighted by Gasteiger charge is -2.12. The quantitative estimate of drug-likeness (QED) is 0.217. The third kappa shape index (κ3) is 6.34. The molecule has 5 aromatic rings. The zero-order valence-corrected chi connectivity index (χ0v) is 22.6. The lowest BCUT2D eigenvalue weighted by molar-refractivity contribution is 0.102. The van der Waals surface area contributed by atoms with Crippen LogP contribution in [0, 0.1) is 0 Å². The summed E-state index contributed by atoms with van der Waals surface area (Å²) in [6.45, 7) is 0. The molecule has 0 saturated carbocycles. The van der Waals surface area contributed by atoms with E-state index in [1.807, 2.05) is 35.7 Å². The van der Waals surface area contributed by atoms with Crippen LogP contribution < -0.4 is 14.8 Å². The number of thiazole rings is 1. The topological polar surface area (TPSA) is 97.4 Å². The van der Waals surface area contributed by atoms with Crippen molar-refractivity contribution in [2.24, 2.45) is 0 Å². The second kappa shape index (κ2) is 11.5. The lowest BCUT2D eigenvalue weighted by Crippen LogP contribution is -2.18. The van der Waals surface area contributed by atoms with Gasteiger partial charge in [0.15, 0.2) is 5.13 Å². The minimum atomic E-state index is -3.92. The van der Waals surface area contributed by atoms with Gasteiger partial charge in [0.2, 0.25) is 0 Å². The maximum atomic E-state index is 13.1. The summed E-state index contributed by atoms with van der Waals surface area (Å²) in [7, 11) is -2.42. The number of benzene rings is 4. The fourth-order valence-electron chi connectivity index (χ4n) is 3.98. The van der Waals surface area contributed by atoms with Crippen LogP contribution in [0.2, 0.25) is 0 Å². The second-order valence-corrected chi connectivity index (χ2v) is 11.2. The first-order valence-corrected chi connectivity index (χ1v) is 14.4. The molecule has 0 atom stereocenters. The van der Waals surface area contributed by atoms with Crippen molar-refractivity contribution in [3.05, 3.63) is 125 Å². The predicted octanol–water partition coefficient (Wildman–Crippen LogP) is 6.46. The Bertz CT molecular complexity index is 1680. The molecule has 196 valence electrons.